The number of hydrogen-bond acceptors (Lipinski definition) is 6. The van der Waals surface area contributed by atoms with E-state index in [0.29, 0.717) is 36.0 Å². The molecule has 1 fully saturated rings. The molecule has 28 heavy (non-hydrogen) atoms. The van der Waals surface area contributed by atoms with Gasteiger partial charge in [-0.1, -0.05) is 0 Å². The van der Waals surface area contributed by atoms with E-state index in [1.54, 1.807) is 4.90 Å². The molecule has 1 aromatic heterocycles. The van der Waals surface area contributed by atoms with E-state index < -0.39 is 17.4 Å². The summed E-state index contributed by atoms with van der Waals surface area (Å²) >= 11 is 1.00. The van der Waals surface area contributed by atoms with Crippen LogP contribution in [0.5, 0.6) is 5.75 Å². The first-order chi connectivity index (χ1) is 12.6. The number of carboxylic acid groups (broad SMARTS) is 1. The largest absolute Gasteiger partial charge is 1.00 e. The standard InChI is InChI=1S/C19H22FNO5S.Li/c1-19(2,3)26-18(24)21-8-6-12(7-9-21)25-15-13-10-11(20)4-5-14(13)27-16(15)17(22)23;/h4-5,10,12H,6-9H2,1-3H3,(H,22,23);/q;+1/p-1. The number of carboxylic acids is 1. The van der Waals surface area contributed by atoms with Crippen molar-refractivity contribution < 1.29 is 47.4 Å². The third-order valence-corrected chi connectivity index (χ3v) is 5.30. The SMILES string of the molecule is CC(C)(C)OC(=O)N1CCC(Oc2c(C(=O)[O-])sc3ccc(F)cc23)CC1.[Li+]. The molecule has 0 spiro atoms. The summed E-state index contributed by atoms with van der Waals surface area (Å²) in [5.41, 5.74) is -0.562. The molecule has 1 aromatic carbocycles. The van der Waals surface area contributed by atoms with Gasteiger partial charge in [-0.3, -0.25) is 0 Å². The zero-order chi connectivity index (χ0) is 19.8. The first-order valence-electron chi connectivity index (χ1n) is 8.72. The summed E-state index contributed by atoms with van der Waals surface area (Å²) < 4.78 is 25.5. The van der Waals surface area contributed by atoms with Crippen LogP contribution in [-0.2, 0) is 4.74 Å². The van der Waals surface area contributed by atoms with Crippen molar-refractivity contribution >= 4 is 33.5 Å². The summed E-state index contributed by atoms with van der Waals surface area (Å²) in [6.07, 6.45) is 0.402. The number of piperidine rings is 1. The molecule has 0 atom stereocenters. The molecule has 1 saturated heterocycles. The van der Waals surface area contributed by atoms with Crippen molar-refractivity contribution in [3.63, 3.8) is 0 Å². The van der Waals surface area contributed by atoms with E-state index in [0.717, 1.165) is 11.3 Å². The maximum atomic E-state index is 13.6. The molecule has 2 aromatic rings. The Hall–Kier alpha value is -1.75. The number of likely N-dealkylation sites (tertiary alicyclic amines) is 1. The van der Waals surface area contributed by atoms with E-state index in [9.17, 15) is 19.1 Å². The third kappa shape index (κ3) is 5.19. The van der Waals surface area contributed by atoms with Gasteiger partial charge in [0.25, 0.3) is 0 Å². The summed E-state index contributed by atoms with van der Waals surface area (Å²) in [4.78, 5) is 25.1. The zero-order valence-electron chi connectivity index (χ0n) is 16.4. The van der Waals surface area contributed by atoms with E-state index in [2.05, 4.69) is 0 Å². The second-order valence-corrected chi connectivity index (χ2v) is 8.53. The van der Waals surface area contributed by atoms with Gasteiger partial charge in [0, 0.05) is 36.0 Å². The van der Waals surface area contributed by atoms with Crippen LogP contribution in [-0.4, -0.2) is 41.8 Å². The fraction of sp³-hybridized carbons (Fsp3) is 0.474. The average molecular weight is 401 g/mol. The summed E-state index contributed by atoms with van der Waals surface area (Å²) in [6, 6.07) is 4.07. The predicted octanol–water partition coefficient (Wildman–Crippen LogP) is 0.186. The first kappa shape index (κ1) is 22.5. The van der Waals surface area contributed by atoms with Gasteiger partial charge in [0.05, 0.1) is 10.8 Å². The molecule has 1 aliphatic heterocycles. The molecular weight excluding hydrogens is 380 g/mol. The number of aromatic carboxylic acids is 1. The molecule has 2 heterocycles. The van der Waals surface area contributed by atoms with Crippen LogP contribution in [0.2, 0.25) is 0 Å². The quantitative estimate of drug-likeness (QED) is 0.686. The number of halogens is 1. The van der Waals surface area contributed by atoms with Crippen molar-refractivity contribution in [2.45, 2.75) is 45.3 Å². The van der Waals surface area contributed by atoms with Gasteiger partial charge in [-0.15, -0.1) is 11.3 Å². The van der Waals surface area contributed by atoms with E-state index in [-0.39, 0.29) is 41.7 Å². The minimum absolute atomic E-state index is 0. The van der Waals surface area contributed by atoms with Gasteiger partial charge in [0.2, 0.25) is 0 Å². The fourth-order valence-electron chi connectivity index (χ4n) is 2.95. The van der Waals surface area contributed by atoms with Crippen LogP contribution in [0.4, 0.5) is 9.18 Å². The molecule has 0 radical (unpaired) electrons. The summed E-state index contributed by atoms with van der Waals surface area (Å²) in [7, 11) is 0. The molecule has 3 rings (SSSR count). The number of ether oxygens (including phenoxy) is 2. The number of hydrogen-bond donors (Lipinski definition) is 0. The maximum Gasteiger partial charge on any atom is 1.00 e. The van der Waals surface area contributed by atoms with Crippen molar-refractivity contribution in [1.29, 1.82) is 0 Å². The number of nitrogens with zero attached hydrogens (tertiary/aromatic N) is 1. The molecule has 0 unspecified atom stereocenters. The molecule has 0 bridgehead atoms. The van der Waals surface area contributed by atoms with Crippen molar-refractivity contribution in [2.75, 3.05) is 13.1 Å². The Kier molecular flexibility index (Phi) is 7.02. The Morgan fingerprint density at radius 2 is 1.89 bits per heavy atom. The molecule has 6 nitrogen and oxygen atoms in total. The number of thiophene rings is 1. The van der Waals surface area contributed by atoms with Crippen LogP contribution < -0.4 is 28.7 Å². The topological polar surface area (TPSA) is 78.9 Å². The molecule has 0 aliphatic carbocycles. The number of carbonyl (C=O) groups is 2. The third-order valence-electron chi connectivity index (χ3n) is 4.17. The van der Waals surface area contributed by atoms with Crippen LogP contribution in [0, 0.1) is 5.82 Å². The smallest absolute Gasteiger partial charge is 0.544 e. The van der Waals surface area contributed by atoms with Crippen molar-refractivity contribution in [3.05, 3.63) is 28.9 Å². The van der Waals surface area contributed by atoms with Crippen LogP contribution >= 0.6 is 11.3 Å². The van der Waals surface area contributed by atoms with Gasteiger partial charge in [0.15, 0.2) is 0 Å². The van der Waals surface area contributed by atoms with Gasteiger partial charge >= 0.3 is 25.0 Å². The Morgan fingerprint density at radius 3 is 2.46 bits per heavy atom. The second kappa shape index (κ2) is 8.72. The van der Waals surface area contributed by atoms with Gasteiger partial charge in [-0.05, 0) is 39.0 Å². The van der Waals surface area contributed by atoms with Crippen molar-refractivity contribution in [1.82, 2.24) is 4.90 Å². The minimum atomic E-state index is -1.35. The number of carbonyl (C=O) groups excluding carboxylic acids is 2. The monoisotopic (exact) mass is 401 g/mol. The number of rotatable bonds is 3. The summed E-state index contributed by atoms with van der Waals surface area (Å²) in [5.74, 6) is -1.67. The molecule has 146 valence electrons. The molecule has 0 N–H and O–H groups in total. The van der Waals surface area contributed by atoms with Crippen LogP contribution in [0.25, 0.3) is 10.1 Å². The predicted molar refractivity (Wildman–Crippen MR) is 97.6 cm³/mol. The summed E-state index contributed by atoms with van der Waals surface area (Å²) in [6.45, 7) is 6.31. The van der Waals surface area contributed by atoms with E-state index in [4.69, 9.17) is 9.47 Å². The number of benzene rings is 1. The number of amides is 1. The van der Waals surface area contributed by atoms with Crippen molar-refractivity contribution in [2.24, 2.45) is 0 Å². The Bertz CT molecular complexity index is 871. The van der Waals surface area contributed by atoms with Crippen LogP contribution in [0.15, 0.2) is 18.2 Å². The molecule has 0 saturated carbocycles. The summed E-state index contributed by atoms with van der Waals surface area (Å²) in [5, 5.41) is 11.9. The molecule has 9 heteroatoms. The van der Waals surface area contributed by atoms with Crippen LogP contribution in [0.3, 0.4) is 0 Å². The van der Waals surface area contributed by atoms with Gasteiger partial charge in [0.1, 0.15) is 23.3 Å². The normalized spacial score (nSPS) is 15.2. The molecule has 1 aliphatic rings. The first-order valence-corrected chi connectivity index (χ1v) is 9.53. The van der Waals surface area contributed by atoms with E-state index in [1.165, 1.54) is 18.2 Å². The Balaban J connectivity index is 0.00000280. The fourth-order valence-corrected chi connectivity index (χ4v) is 3.90. The number of fused-ring (bicyclic) bond motifs is 1. The van der Waals surface area contributed by atoms with Crippen molar-refractivity contribution in [3.8, 4) is 5.75 Å². The second-order valence-electron chi connectivity index (χ2n) is 7.47. The van der Waals surface area contributed by atoms with E-state index in [1.807, 2.05) is 20.8 Å². The average Bonchev–Trinajstić information content (AvgIpc) is 2.92. The molecular formula is C19H21FLiNO5S. The maximum absolute atomic E-state index is 13.6. The van der Waals surface area contributed by atoms with E-state index >= 15 is 0 Å². The Labute approximate surface area is 178 Å². The van der Waals surface area contributed by atoms with Gasteiger partial charge < -0.3 is 24.3 Å². The van der Waals surface area contributed by atoms with Crippen LogP contribution in [0.1, 0.15) is 43.3 Å². The van der Waals surface area contributed by atoms with Gasteiger partial charge in [-0.2, -0.15) is 0 Å². The zero-order valence-corrected chi connectivity index (χ0v) is 17.2. The minimum Gasteiger partial charge on any atom is -0.544 e. The Morgan fingerprint density at radius 1 is 1.25 bits per heavy atom. The van der Waals surface area contributed by atoms with Gasteiger partial charge in [-0.25, -0.2) is 9.18 Å². The molecule has 1 amide bonds.